The highest BCUT2D eigenvalue weighted by Gasteiger charge is 2.31. The van der Waals surface area contributed by atoms with E-state index in [9.17, 15) is 0 Å². The minimum absolute atomic E-state index is 0.773. The Kier molecular flexibility index (Phi) is 3.14. The molecule has 1 aliphatic rings. The molecule has 2 atom stereocenters. The standard InChI is InChI=1S/C12H17NS/c1-9-7-12(9)13-8-10-3-5-11(14-2)6-4-10/h3-6,9,12-13H,7-8H2,1-2H3. The van der Waals surface area contributed by atoms with E-state index in [4.69, 9.17) is 0 Å². The average molecular weight is 207 g/mol. The van der Waals surface area contributed by atoms with Crippen molar-refractivity contribution < 1.29 is 0 Å². The smallest absolute Gasteiger partial charge is 0.0208 e. The van der Waals surface area contributed by atoms with E-state index in [0.29, 0.717) is 0 Å². The topological polar surface area (TPSA) is 12.0 Å². The Hall–Kier alpha value is -0.470. The SMILES string of the molecule is CSc1ccc(CNC2CC2C)cc1. The molecule has 1 N–H and O–H groups in total. The molecule has 1 aromatic rings. The molecule has 1 fully saturated rings. The Bertz CT molecular complexity index is 294. The lowest BCUT2D eigenvalue weighted by molar-refractivity contribution is 0.652. The second-order valence-corrected chi connectivity index (χ2v) is 4.93. The van der Waals surface area contributed by atoms with Crippen molar-refractivity contribution in [2.45, 2.75) is 30.8 Å². The molecule has 0 amide bonds. The van der Waals surface area contributed by atoms with Crippen LogP contribution in [0.25, 0.3) is 0 Å². The van der Waals surface area contributed by atoms with Crippen molar-refractivity contribution in [2.24, 2.45) is 5.92 Å². The van der Waals surface area contributed by atoms with Crippen LogP contribution in [0.3, 0.4) is 0 Å². The van der Waals surface area contributed by atoms with Gasteiger partial charge in [0.25, 0.3) is 0 Å². The Labute approximate surface area is 90.3 Å². The van der Waals surface area contributed by atoms with E-state index in [1.807, 2.05) is 0 Å². The second kappa shape index (κ2) is 4.37. The third-order valence-electron chi connectivity index (χ3n) is 2.84. The molecule has 2 unspecified atom stereocenters. The van der Waals surface area contributed by atoms with Gasteiger partial charge in [0.05, 0.1) is 0 Å². The average Bonchev–Trinajstić information content (AvgIpc) is 2.92. The molecule has 14 heavy (non-hydrogen) atoms. The maximum absolute atomic E-state index is 3.55. The first-order valence-electron chi connectivity index (χ1n) is 5.16. The van der Waals surface area contributed by atoms with Gasteiger partial charge in [0.15, 0.2) is 0 Å². The van der Waals surface area contributed by atoms with Gasteiger partial charge in [-0.1, -0.05) is 19.1 Å². The maximum atomic E-state index is 3.55. The molecule has 0 aromatic heterocycles. The normalized spacial score (nSPS) is 25.0. The Balaban J connectivity index is 1.84. The summed E-state index contributed by atoms with van der Waals surface area (Å²) in [6, 6.07) is 9.59. The van der Waals surface area contributed by atoms with Crippen LogP contribution in [0.1, 0.15) is 18.9 Å². The summed E-state index contributed by atoms with van der Waals surface area (Å²) in [5, 5.41) is 3.55. The van der Waals surface area contributed by atoms with Crippen molar-refractivity contribution in [1.29, 1.82) is 0 Å². The Morgan fingerprint density at radius 1 is 1.36 bits per heavy atom. The Morgan fingerprint density at radius 3 is 2.50 bits per heavy atom. The van der Waals surface area contributed by atoms with Gasteiger partial charge in [-0.25, -0.2) is 0 Å². The first kappa shape index (κ1) is 10.1. The van der Waals surface area contributed by atoms with Crippen LogP contribution in [-0.4, -0.2) is 12.3 Å². The zero-order valence-electron chi connectivity index (χ0n) is 8.79. The summed E-state index contributed by atoms with van der Waals surface area (Å²) in [7, 11) is 0. The van der Waals surface area contributed by atoms with Crippen molar-refractivity contribution in [1.82, 2.24) is 5.32 Å². The van der Waals surface area contributed by atoms with Gasteiger partial charge in [0.2, 0.25) is 0 Å². The van der Waals surface area contributed by atoms with E-state index in [-0.39, 0.29) is 0 Å². The quantitative estimate of drug-likeness (QED) is 0.762. The molecule has 2 rings (SSSR count). The highest BCUT2D eigenvalue weighted by Crippen LogP contribution is 2.29. The van der Waals surface area contributed by atoms with Crippen molar-refractivity contribution in [3.05, 3.63) is 29.8 Å². The minimum Gasteiger partial charge on any atom is -0.310 e. The van der Waals surface area contributed by atoms with Gasteiger partial charge in [0.1, 0.15) is 0 Å². The van der Waals surface area contributed by atoms with Gasteiger partial charge in [0, 0.05) is 17.5 Å². The van der Waals surface area contributed by atoms with Gasteiger partial charge in [-0.05, 0) is 36.3 Å². The van der Waals surface area contributed by atoms with Crippen LogP contribution >= 0.6 is 11.8 Å². The zero-order valence-corrected chi connectivity index (χ0v) is 9.60. The zero-order chi connectivity index (χ0) is 9.97. The van der Waals surface area contributed by atoms with Crippen LogP contribution in [0.4, 0.5) is 0 Å². The van der Waals surface area contributed by atoms with Crippen molar-refractivity contribution in [3.8, 4) is 0 Å². The maximum Gasteiger partial charge on any atom is 0.0208 e. The summed E-state index contributed by atoms with van der Waals surface area (Å²) in [4.78, 5) is 1.34. The summed E-state index contributed by atoms with van der Waals surface area (Å²) < 4.78 is 0. The first-order valence-corrected chi connectivity index (χ1v) is 6.38. The summed E-state index contributed by atoms with van der Waals surface area (Å²) in [5.74, 6) is 0.889. The van der Waals surface area contributed by atoms with Crippen LogP contribution in [0.2, 0.25) is 0 Å². The number of hydrogen-bond acceptors (Lipinski definition) is 2. The predicted molar refractivity (Wildman–Crippen MR) is 62.6 cm³/mol. The molecular weight excluding hydrogens is 190 g/mol. The van der Waals surface area contributed by atoms with Gasteiger partial charge in [-0.15, -0.1) is 11.8 Å². The molecule has 1 saturated carbocycles. The first-order chi connectivity index (χ1) is 6.79. The Morgan fingerprint density at radius 2 is 2.00 bits per heavy atom. The lowest BCUT2D eigenvalue weighted by Gasteiger charge is -2.04. The van der Waals surface area contributed by atoms with Gasteiger partial charge < -0.3 is 5.32 Å². The van der Waals surface area contributed by atoms with Crippen LogP contribution in [0.5, 0.6) is 0 Å². The fraction of sp³-hybridized carbons (Fsp3) is 0.500. The van der Waals surface area contributed by atoms with E-state index >= 15 is 0 Å². The number of hydrogen-bond donors (Lipinski definition) is 1. The number of rotatable bonds is 4. The molecule has 0 aliphatic heterocycles. The largest absolute Gasteiger partial charge is 0.310 e. The third-order valence-corrected chi connectivity index (χ3v) is 3.58. The molecule has 2 heteroatoms. The summed E-state index contributed by atoms with van der Waals surface area (Å²) >= 11 is 1.79. The number of benzene rings is 1. The summed E-state index contributed by atoms with van der Waals surface area (Å²) in [6.45, 7) is 3.32. The molecule has 0 radical (unpaired) electrons. The lowest BCUT2D eigenvalue weighted by Crippen LogP contribution is -2.16. The van der Waals surface area contributed by atoms with Gasteiger partial charge in [-0.3, -0.25) is 0 Å². The summed E-state index contributed by atoms with van der Waals surface area (Å²) in [6.07, 6.45) is 3.46. The molecule has 1 aromatic carbocycles. The molecule has 0 bridgehead atoms. The molecule has 1 nitrogen and oxygen atoms in total. The van der Waals surface area contributed by atoms with Crippen LogP contribution in [0, 0.1) is 5.92 Å². The molecule has 0 heterocycles. The van der Waals surface area contributed by atoms with E-state index in [1.165, 1.54) is 16.9 Å². The highest BCUT2D eigenvalue weighted by atomic mass is 32.2. The molecular formula is C12H17NS. The third kappa shape index (κ3) is 2.52. The molecule has 1 aliphatic carbocycles. The van der Waals surface area contributed by atoms with Crippen molar-refractivity contribution in [2.75, 3.05) is 6.26 Å². The predicted octanol–water partition coefficient (Wildman–Crippen LogP) is 2.91. The van der Waals surface area contributed by atoms with E-state index in [1.54, 1.807) is 11.8 Å². The highest BCUT2D eigenvalue weighted by molar-refractivity contribution is 7.98. The summed E-state index contributed by atoms with van der Waals surface area (Å²) in [5.41, 5.74) is 1.39. The van der Waals surface area contributed by atoms with Crippen molar-refractivity contribution >= 4 is 11.8 Å². The van der Waals surface area contributed by atoms with Crippen LogP contribution in [0.15, 0.2) is 29.2 Å². The monoisotopic (exact) mass is 207 g/mol. The van der Waals surface area contributed by atoms with E-state index in [2.05, 4.69) is 42.8 Å². The second-order valence-electron chi connectivity index (χ2n) is 4.05. The number of thioether (sulfide) groups is 1. The molecule has 0 spiro atoms. The lowest BCUT2D eigenvalue weighted by atomic mass is 10.2. The van der Waals surface area contributed by atoms with Gasteiger partial charge >= 0.3 is 0 Å². The van der Waals surface area contributed by atoms with Gasteiger partial charge in [-0.2, -0.15) is 0 Å². The molecule has 0 saturated heterocycles. The minimum atomic E-state index is 0.773. The van der Waals surface area contributed by atoms with Crippen LogP contribution < -0.4 is 5.32 Å². The fourth-order valence-corrected chi connectivity index (χ4v) is 2.01. The van der Waals surface area contributed by atoms with E-state index in [0.717, 1.165) is 18.5 Å². The van der Waals surface area contributed by atoms with E-state index < -0.39 is 0 Å². The van der Waals surface area contributed by atoms with Crippen molar-refractivity contribution in [3.63, 3.8) is 0 Å². The van der Waals surface area contributed by atoms with Crippen LogP contribution in [-0.2, 0) is 6.54 Å². The fourth-order valence-electron chi connectivity index (χ4n) is 1.60. The molecule has 76 valence electrons. The number of nitrogens with one attached hydrogen (secondary N) is 1.